The van der Waals surface area contributed by atoms with Crippen molar-refractivity contribution < 1.29 is 19.4 Å². The van der Waals surface area contributed by atoms with E-state index in [0.29, 0.717) is 18.8 Å². The van der Waals surface area contributed by atoms with Crippen LogP contribution >= 0.6 is 12.6 Å². The second-order valence-corrected chi connectivity index (χ2v) is 4.57. The topological polar surface area (TPSA) is 66.8 Å². The number of carboxylic acid groups (broad SMARTS) is 1. The SMILES string of the molecule is O=C(O)COC[C@H]1CCCN1C(=O)CCCS. The predicted octanol–water partition coefficient (Wildman–Crippen LogP) is 0.789. The van der Waals surface area contributed by atoms with Crippen LogP contribution in [0.5, 0.6) is 0 Å². The average Bonchev–Trinajstić information content (AvgIpc) is 2.73. The lowest BCUT2D eigenvalue weighted by atomic mass is 10.2. The highest BCUT2D eigenvalue weighted by Crippen LogP contribution is 2.19. The molecule has 1 aliphatic rings. The second-order valence-electron chi connectivity index (χ2n) is 4.12. The number of rotatable bonds is 7. The minimum Gasteiger partial charge on any atom is -0.480 e. The number of hydrogen-bond donors (Lipinski definition) is 2. The number of carbonyl (C=O) groups excluding carboxylic acids is 1. The van der Waals surface area contributed by atoms with Gasteiger partial charge in [-0.05, 0) is 25.0 Å². The first-order valence-corrected chi connectivity index (χ1v) is 6.48. The zero-order valence-corrected chi connectivity index (χ0v) is 10.7. The molecule has 98 valence electrons. The number of hydrogen-bond acceptors (Lipinski definition) is 4. The van der Waals surface area contributed by atoms with Crippen LogP contribution in [-0.2, 0) is 14.3 Å². The Hall–Kier alpha value is -0.750. The van der Waals surface area contributed by atoms with Gasteiger partial charge in [0.2, 0.25) is 5.91 Å². The van der Waals surface area contributed by atoms with E-state index in [-0.39, 0.29) is 18.6 Å². The summed E-state index contributed by atoms with van der Waals surface area (Å²) in [4.78, 5) is 24.0. The number of likely N-dealkylation sites (tertiary alicyclic amines) is 1. The molecule has 6 heteroatoms. The molecule has 0 unspecified atom stereocenters. The minimum absolute atomic E-state index is 0.0433. The van der Waals surface area contributed by atoms with Crippen molar-refractivity contribution >= 4 is 24.5 Å². The number of aliphatic carboxylic acids is 1. The lowest BCUT2D eigenvalue weighted by Crippen LogP contribution is -2.38. The first-order valence-electron chi connectivity index (χ1n) is 5.85. The number of amides is 1. The minimum atomic E-state index is -0.976. The van der Waals surface area contributed by atoms with Crippen LogP contribution in [0.15, 0.2) is 0 Å². The molecule has 0 spiro atoms. The van der Waals surface area contributed by atoms with E-state index in [1.54, 1.807) is 0 Å². The number of thiol groups is 1. The molecule has 0 aromatic carbocycles. The van der Waals surface area contributed by atoms with Gasteiger partial charge in [0.15, 0.2) is 0 Å². The smallest absolute Gasteiger partial charge is 0.329 e. The number of nitrogens with zero attached hydrogens (tertiary/aromatic N) is 1. The van der Waals surface area contributed by atoms with Crippen molar-refractivity contribution in [2.45, 2.75) is 31.7 Å². The van der Waals surface area contributed by atoms with Crippen molar-refractivity contribution in [3.8, 4) is 0 Å². The molecule has 5 nitrogen and oxygen atoms in total. The van der Waals surface area contributed by atoms with E-state index in [9.17, 15) is 9.59 Å². The molecule has 17 heavy (non-hydrogen) atoms. The molecule has 1 aliphatic heterocycles. The molecule has 1 atom stereocenters. The van der Waals surface area contributed by atoms with Crippen molar-refractivity contribution in [2.75, 3.05) is 25.5 Å². The van der Waals surface area contributed by atoms with E-state index in [2.05, 4.69) is 12.6 Å². The maximum absolute atomic E-state index is 11.8. The summed E-state index contributed by atoms with van der Waals surface area (Å²) in [5.74, 6) is -0.142. The van der Waals surface area contributed by atoms with Gasteiger partial charge in [-0.25, -0.2) is 4.79 Å². The van der Waals surface area contributed by atoms with Crippen molar-refractivity contribution in [1.82, 2.24) is 4.90 Å². The summed E-state index contributed by atoms with van der Waals surface area (Å²) in [6.45, 7) is 0.778. The molecule has 0 saturated carbocycles. The summed E-state index contributed by atoms with van der Waals surface area (Å²) in [6.07, 6.45) is 3.15. The quantitative estimate of drug-likeness (QED) is 0.665. The van der Waals surface area contributed by atoms with Gasteiger partial charge in [-0.15, -0.1) is 0 Å². The van der Waals surface area contributed by atoms with Crippen molar-refractivity contribution in [3.05, 3.63) is 0 Å². The van der Waals surface area contributed by atoms with Gasteiger partial charge in [0.25, 0.3) is 0 Å². The summed E-state index contributed by atoms with van der Waals surface area (Å²) in [5.41, 5.74) is 0. The van der Waals surface area contributed by atoms with E-state index in [1.807, 2.05) is 4.90 Å². The van der Waals surface area contributed by atoms with Crippen molar-refractivity contribution in [3.63, 3.8) is 0 Å². The van der Waals surface area contributed by atoms with Gasteiger partial charge in [0, 0.05) is 13.0 Å². The Bertz CT molecular complexity index is 272. The first kappa shape index (κ1) is 14.3. The van der Waals surface area contributed by atoms with Gasteiger partial charge in [0.05, 0.1) is 12.6 Å². The molecular formula is C11H19NO4S. The van der Waals surface area contributed by atoms with Crippen molar-refractivity contribution in [1.29, 1.82) is 0 Å². The number of ether oxygens (including phenoxy) is 1. The summed E-state index contributed by atoms with van der Waals surface area (Å²) < 4.78 is 5.06. The van der Waals surface area contributed by atoms with Crippen LogP contribution in [0.4, 0.5) is 0 Å². The Kier molecular flexibility index (Phi) is 6.36. The third-order valence-electron chi connectivity index (χ3n) is 2.78. The fraction of sp³-hybridized carbons (Fsp3) is 0.818. The van der Waals surface area contributed by atoms with E-state index in [4.69, 9.17) is 9.84 Å². The van der Waals surface area contributed by atoms with Crippen molar-refractivity contribution in [2.24, 2.45) is 0 Å². The molecule has 1 heterocycles. The lowest BCUT2D eigenvalue weighted by Gasteiger charge is -2.24. The maximum atomic E-state index is 11.8. The molecule has 0 aliphatic carbocycles. The molecular weight excluding hydrogens is 242 g/mol. The highest BCUT2D eigenvalue weighted by Gasteiger charge is 2.28. The highest BCUT2D eigenvalue weighted by molar-refractivity contribution is 7.80. The van der Waals surface area contributed by atoms with Gasteiger partial charge in [-0.1, -0.05) is 0 Å². The maximum Gasteiger partial charge on any atom is 0.329 e. The molecule has 1 saturated heterocycles. The zero-order valence-electron chi connectivity index (χ0n) is 9.80. The molecule has 0 radical (unpaired) electrons. The Labute approximate surface area is 107 Å². The van der Waals surface area contributed by atoms with E-state index in [1.165, 1.54) is 0 Å². The van der Waals surface area contributed by atoms with E-state index >= 15 is 0 Å². The second kappa shape index (κ2) is 7.55. The summed E-state index contributed by atoms with van der Waals surface area (Å²) in [5, 5.41) is 8.46. The van der Waals surface area contributed by atoms with Gasteiger partial charge in [-0.2, -0.15) is 12.6 Å². The third kappa shape index (κ3) is 4.95. The Morgan fingerprint density at radius 1 is 1.47 bits per heavy atom. The number of carbonyl (C=O) groups is 2. The Morgan fingerprint density at radius 3 is 2.88 bits per heavy atom. The molecule has 0 aromatic rings. The number of carboxylic acids is 1. The molecule has 1 amide bonds. The normalized spacial score (nSPS) is 19.6. The monoisotopic (exact) mass is 261 g/mol. The van der Waals surface area contributed by atoms with Crippen LogP contribution < -0.4 is 0 Å². The van der Waals surface area contributed by atoms with Gasteiger partial charge in [0.1, 0.15) is 6.61 Å². The lowest BCUT2D eigenvalue weighted by molar-refractivity contribution is -0.143. The fourth-order valence-corrected chi connectivity index (χ4v) is 2.15. The predicted molar refractivity (Wildman–Crippen MR) is 66.3 cm³/mol. The highest BCUT2D eigenvalue weighted by atomic mass is 32.1. The van der Waals surface area contributed by atoms with Crippen LogP contribution in [0.25, 0.3) is 0 Å². The van der Waals surface area contributed by atoms with Crippen LogP contribution in [0.2, 0.25) is 0 Å². The largest absolute Gasteiger partial charge is 0.480 e. The van der Waals surface area contributed by atoms with Gasteiger partial charge < -0.3 is 14.7 Å². The van der Waals surface area contributed by atoms with E-state index in [0.717, 1.165) is 25.8 Å². The Morgan fingerprint density at radius 2 is 2.24 bits per heavy atom. The molecule has 0 aromatic heterocycles. The van der Waals surface area contributed by atoms with Gasteiger partial charge in [-0.3, -0.25) is 4.79 Å². The molecule has 1 N–H and O–H groups in total. The van der Waals surface area contributed by atoms with Gasteiger partial charge >= 0.3 is 5.97 Å². The molecule has 0 bridgehead atoms. The molecule has 1 fully saturated rings. The van der Waals surface area contributed by atoms with Crippen LogP contribution in [0.1, 0.15) is 25.7 Å². The average molecular weight is 261 g/mol. The fourth-order valence-electron chi connectivity index (χ4n) is 1.99. The Balaban J connectivity index is 2.32. The molecule has 1 rings (SSSR count). The van der Waals surface area contributed by atoms with Crippen LogP contribution in [-0.4, -0.2) is 53.4 Å². The van der Waals surface area contributed by atoms with Crippen LogP contribution in [0.3, 0.4) is 0 Å². The summed E-state index contributed by atoms with van der Waals surface area (Å²) in [7, 11) is 0. The third-order valence-corrected chi connectivity index (χ3v) is 3.10. The summed E-state index contributed by atoms with van der Waals surface area (Å²) in [6, 6.07) is 0.0433. The van der Waals surface area contributed by atoms with E-state index < -0.39 is 5.97 Å². The van der Waals surface area contributed by atoms with Crippen LogP contribution in [0, 0.1) is 0 Å². The first-order chi connectivity index (χ1) is 8.15. The zero-order chi connectivity index (χ0) is 12.7. The standard InChI is InChI=1S/C11H19NO4S/c13-10(4-2-6-17)12-5-1-3-9(12)7-16-8-11(14)15/h9,17H,1-8H2,(H,14,15)/t9-/m1/s1. The summed E-state index contributed by atoms with van der Waals surface area (Å²) >= 11 is 4.08.